The van der Waals surface area contributed by atoms with Crippen LogP contribution >= 0.6 is 11.3 Å². The molecule has 0 aliphatic rings. The van der Waals surface area contributed by atoms with Gasteiger partial charge in [0.25, 0.3) is 0 Å². The summed E-state index contributed by atoms with van der Waals surface area (Å²) in [6.45, 7) is 2.17. The van der Waals surface area contributed by atoms with Gasteiger partial charge in [0.2, 0.25) is 0 Å². The van der Waals surface area contributed by atoms with Crippen LogP contribution in [-0.2, 0) is 0 Å². The molecule has 1 aromatic heterocycles. The minimum atomic E-state index is 0.154. The summed E-state index contributed by atoms with van der Waals surface area (Å²) < 4.78 is 0. The van der Waals surface area contributed by atoms with Gasteiger partial charge in [-0.1, -0.05) is 19.8 Å². The van der Waals surface area contributed by atoms with Gasteiger partial charge < -0.3 is 5.73 Å². The van der Waals surface area contributed by atoms with Crippen molar-refractivity contribution in [3.05, 3.63) is 16.6 Å². The number of unbranched alkanes of at least 4 members (excludes halogenated alkanes) is 1. The maximum Gasteiger partial charge on any atom is 0.0795 e. The molecule has 0 bridgehead atoms. The molecule has 0 aliphatic carbocycles. The molecule has 0 radical (unpaired) electrons. The van der Waals surface area contributed by atoms with Gasteiger partial charge in [0.1, 0.15) is 0 Å². The standard InChI is InChI=1S/C8H14N2S/c1-2-3-4-7(9)8-5-11-6-10-8/h5-7H,2-4,9H2,1H3. The van der Waals surface area contributed by atoms with Gasteiger partial charge in [-0.05, 0) is 6.42 Å². The molecule has 1 unspecified atom stereocenters. The summed E-state index contributed by atoms with van der Waals surface area (Å²) in [7, 11) is 0. The minimum absolute atomic E-state index is 0.154. The predicted octanol–water partition coefficient (Wildman–Crippen LogP) is 2.33. The van der Waals surface area contributed by atoms with Gasteiger partial charge in [-0.25, -0.2) is 4.98 Å². The van der Waals surface area contributed by atoms with E-state index in [-0.39, 0.29) is 6.04 Å². The molecule has 2 nitrogen and oxygen atoms in total. The quantitative estimate of drug-likeness (QED) is 0.753. The van der Waals surface area contributed by atoms with E-state index in [1.807, 2.05) is 10.9 Å². The highest BCUT2D eigenvalue weighted by atomic mass is 32.1. The third-order valence-corrected chi connectivity index (χ3v) is 2.30. The van der Waals surface area contributed by atoms with Crippen LogP contribution in [0.2, 0.25) is 0 Å². The van der Waals surface area contributed by atoms with Crippen LogP contribution in [0.25, 0.3) is 0 Å². The molecule has 1 atom stereocenters. The lowest BCUT2D eigenvalue weighted by atomic mass is 10.1. The number of rotatable bonds is 4. The van der Waals surface area contributed by atoms with Crippen molar-refractivity contribution in [3.8, 4) is 0 Å². The Labute approximate surface area is 71.5 Å². The first-order chi connectivity index (χ1) is 5.34. The Morgan fingerprint density at radius 3 is 3.09 bits per heavy atom. The van der Waals surface area contributed by atoms with Gasteiger partial charge in [-0.2, -0.15) is 0 Å². The lowest BCUT2D eigenvalue weighted by Gasteiger charge is -2.06. The average Bonchev–Trinajstić information content (AvgIpc) is 2.52. The number of nitrogens with two attached hydrogens (primary N) is 1. The van der Waals surface area contributed by atoms with E-state index in [9.17, 15) is 0 Å². The molecule has 0 fully saturated rings. The third-order valence-electron chi connectivity index (χ3n) is 1.70. The first-order valence-corrected chi connectivity index (χ1v) is 4.92. The Hall–Kier alpha value is -0.410. The van der Waals surface area contributed by atoms with Crippen LogP contribution in [0, 0.1) is 0 Å². The van der Waals surface area contributed by atoms with Crippen molar-refractivity contribution in [2.45, 2.75) is 32.2 Å². The molecule has 0 spiro atoms. The van der Waals surface area contributed by atoms with Crippen LogP contribution in [0.5, 0.6) is 0 Å². The first kappa shape index (κ1) is 8.68. The average molecular weight is 170 g/mol. The maximum absolute atomic E-state index is 5.87. The number of aromatic nitrogens is 1. The fourth-order valence-electron chi connectivity index (χ4n) is 0.977. The zero-order valence-corrected chi connectivity index (χ0v) is 7.60. The summed E-state index contributed by atoms with van der Waals surface area (Å²) in [5.74, 6) is 0. The Balaban J connectivity index is 2.36. The van der Waals surface area contributed by atoms with Crippen LogP contribution in [0.3, 0.4) is 0 Å². The van der Waals surface area contributed by atoms with Crippen molar-refractivity contribution in [1.29, 1.82) is 0 Å². The number of hydrogen-bond donors (Lipinski definition) is 1. The highest BCUT2D eigenvalue weighted by Crippen LogP contribution is 2.15. The molecule has 0 saturated carbocycles. The van der Waals surface area contributed by atoms with Gasteiger partial charge in [-0.15, -0.1) is 11.3 Å². The van der Waals surface area contributed by atoms with Crippen molar-refractivity contribution in [2.75, 3.05) is 0 Å². The van der Waals surface area contributed by atoms with Crippen molar-refractivity contribution in [1.82, 2.24) is 4.98 Å². The third kappa shape index (κ3) is 2.60. The van der Waals surface area contributed by atoms with E-state index >= 15 is 0 Å². The summed E-state index contributed by atoms with van der Waals surface area (Å²) in [6, 6.07) is 0.154. The van der Waals surface area contributed by atoms with E-state index in [2.05, 4.69) is 11.9 Å². The number of nitrogens with zero attached hydrogens (tertiary/aromatic N) is 1. The Kier molecular flexibility index (Phi) is 3.52. The molecular formula is C8H14N2S. The van der Waals surface area contributed by atoms with Crippen molar-refractivity contribution in [3.63, 3.8) is 0 Å². The second-order valence-electron chi connectivity index (χ2n) is 2.66. The smallest absolute Gasteiger partial charge is 0.0795 e. The van der Waals surface area contributed by atoms with Crippen molar-refractivity contribution < 1.29 is 0 Å². The van der Waals surface area contributed by atoms with E-state index in [0.717, 1.165) is 12.1 Å². The molecule has 11 heavy (non-hydrogen) atoms. The van der Waals surface area contributed by atoms with E-state index in [1.165, 1.54) is 12.8 Å². The highest BCUT2D eigenvalue weighted by molar-refractivity contribution is 7.07. The predicted molar refractivity (Wildman–Crippen MR) is 48.6 cm³/mol. The van der Waals surface area contributed by atoms with Crippen LogP contribution < -0.4 is 5.73 Å². The van der Waals surface area contributed by atoms with Gasteiger partial charge in [0, 0.05) is 11.4 Å². The van der Waals surface area contributed by atoms with Gasteiger partial charge >= 0.3 is 0 Å². The topological polar surface area (TPSA) is 38.9 Å². The first-order valence-electron chi connectivity index (χ1n) is 3.98. The van der Waals surface area contributed by atoms with E-state index in [0.29, 0.717) is 0 Å². The van der Waals surface area contributed by atoms with Crippen LogP contribution in [0.4, 0.5) is 0 Å². The normalized spacial score (nSPS) is 13.3. The largest absolute Gasteiger partial charge is 0.323 e. The van der Waals surface area contributed by atoms with E-state index in [1.54, 1.807) is 11.3 Å². The minimum Gasteiger partial charge on any atom is -0.323 e. The van der Waals surface area contributed by atoms with Crippen molar-refractivity contribution in [2.24, 2.45) is 5.73 Å². The molecule has 1 aromatic rings. The molecule has 0 amide bonds. The fraction of sp³-hybridized carbons (Fsp3) is 0.625. The Morgan fingerprint density at radius 1 is 1.73 bits per heavy atom. The molecule has 1 rings (SSSR count). The molecule has 0 aliphatic heterocycles. The SMILES string of the molecule is CCCCC(N)c1cscn1. The molecule has 62 valence electrons. The Bertz CT molecular complexity index is 184. The molecule has 0 aromatic carbocycles. The van der Waals surface area contributed by atoms with E-state index in [4.69, 9.17) is 5.73 Å². The van der Waals surface area contributed by atoms with Gasteiger partial charge in [0.15, 0.2) is 0 Å². The summed E-state index contributed by atoms with van der Waals surface area (Å²) in [4.78, 5) is 4.16. The number of hydrogen-bond acceptors (Lipinski definition) is 3. The van der Waals surface area contributed by atoms with Gasteiger partial charge in [0.05, 0.1) is 11.2 Å². The monoisotopic (exact) mass is 170 g/mol. The van der Waals surface area contributed by atoms with Gasteiger partial charge in [-0.3, -0.25) is 0 Å². The zero-order chi connectivity index (χ0) is 8.10. The summed E-state index contributed by atoms with van der Waals surface area (Å²) in [5.41, 5.74) is 8.75. The number of thiazole rings is 1. The lowest BCUT2D eigenvalue weighted by molar-refractivity contribution is 0.593. The second-order valence-corrected chi connectivity index (χ2v) is 3.38. The molecule has 2 N–H and O–H groups in total. The zero-order valence-electron chi connectivity index (χ0n) is 6.79. The summed E-state index contributed by atoms with van der Waals surface area (Å²) in [6.07, 6.45) is 3.46. The van der Waals surface area contributed by atoms with Crippen molar-refractivity contribution >= 4 is 11.3 Å². The lowest BCUT2D eigenvalue weighted by Crippen LogP contribution is -2.09. The van der Waals surface area contributed by atoms with Crippen LogP contribution in [0.15, 0.2) is 10.9 Å². The second kappa shape index (κ2) is 4.46. The maximum atomic E-state index is 5.87. The van der Waals surface area contributed by atoms with Crippen LogP contribution in [-0.4, -0.2) is 4.98 Å². The summed E-state index contributed by atoms with van der Waals surface area (Å²) in [5, 5.41) is 2.03. The molecular weight excluding hydrogens is 156 g/mol. The van der Waals surface area contributed by atoms with Crippen LogP contribution in [0.1, 0.15) is 37.9 Å². The molecule has 0 saturated heterocycles. The fourth-order valence-corrected chi connectivity index (χ4v) is 1.60. The van der Waals surface area contributed by atoms with E-state index < -0.39 is 0 Å². The molecule has 1 heterocycles. The highest BCUT2D eigenvalue weighted by Gasteiger charge is 2.05. The summed E-state index contributed by atoms with van der Waals surface area (Å²) >= 11 is 1.61. The molecule has 3 heteroatoms. The Morgan fingerprint density at radius 2 is 2.55 bits per heavy atom.